The summed E-state index contributed by atoms with van der Waals surface area (Å²) in [6.45, 7) is 5.34. The Labute approximate surface area is 158 Å². The van der Waals surface area contributed by atoms with E-state index in [-0.39, 0.29) is 5.91 Å². The van der Waals surface area contributed by atoms with Crippen LogP contribution in [0.5, 0.6) is 0 Å². The van der Waals surface area contributed by atoms with Gasteiger partial charge in [-0.1, -0.05) is 17.7 Å². The monoisotopic (exact) mass is 364 g/mol. The lowest BCUT2D eigenvalue weighted by molar-refractivity contribution is -0.121. The summed E-state index contributed by atoms with van der Waals surface area (Å²) in [5.74, 6) is 1.23. The Hall–Kier alpha value is -3.35. The van der Waals surface area contributed by atoms with Gasteiger partial charge in [0.1, 0.15) is 12.4 Å². The van der Waals surface area contributed by atoms with Crippen LogP contribution in [-0.2, 0) is 11.3 Å². The van der Waals surface area contributed by atoms with E-state index in [1.165, 1.54) is 5.56 Å². The first-order valence-electron chi connectivity index (χ1n) is 8.89. The van der Waals surface area contributed by atoms with Crippen molar-refractivity contribution >= 4 is 23.4 Å². The second-order valence-electron chi connectivity index (χ2n) is 6.34. The minimum atomic E-state index is -0.0279. The Morgan fingerprint density at radius 2 is 1.78 bits per heavy atom. The van der Waals surface area contributed by atoms with Gasteiger partial charge in [-0.2, -0.15) is 4.98 Å². The van der Waals surface area contributed by atoms with Crippen LogP contribution in [0.25, 0.3) is 0 Å². The van der Waals surface area contributed by atoms with Crippen molar-refractivity contribution in [3.05, 3.63) is 66.1 Å². The molecule has 3 N–H and O–H groups in total. The fraction of sp³-hybridized carbons (Fsp3) is 0.250. The van der Waals surface area contributed by atoms with Crippen molar-refractivity contribution in [2.75, 3.05) is 23.7 Å². The van der Waals surface area contributed by atoms with Crippen molar-refractivity contribution in [2.24, 2.45) is 0 Å². The van der Waals surface area contributed by atoms with E-state index in [1.807, 2.05) is 66.3 Å². The van der Waals surface area contributed by atoms with Gasteiger partial charge in [-0.05, 0) is 38.1 Å². The minimum absolute atomic E-state index is 0.0279. The maximum atomic E-state index is 11.9. The highest BCUT2D eigenvalue weighted by Crippen LogP contribution is 2.17. The van der Waals surface area contributed by atoms with Gasteiger partial charge in [-0.3, -0.25) is 4.79 Å². The molecule has 0 radical (unpaired) electrons. The Bertz CT molecular complexity index is 874. The van der Waals surface area contributed by atoms with Crippen LogP contribution in [0.2, 0.25) is 0 Å². The van der Waals surface area contributed by atoms with Gasteiger partial charge in [-0.25, -0.2) is 4.98 Å². The summed E-state index contributed by atoms with van der Waals surface area (Å²) >= 11 is 0. The summed E-state index contributed by atoms with van der Waals surface area (Å²) in [6.07, 6.45) is 3.72. The maximum absolute atomic E-state index is 11.9. The fourth-order valence-electron chi connectivity index (χ4n) is 2.57. The van der Waals surface area contributed by atoms with Crippen molar-refractivity contribution < 1.29 is 4.79 Å². The second-order valence-corrected chi connectivity index (χ2v) is 6.34. The fourth-order valence-corrected chi connectivity index (χ4v) is 2.57. The van der Waals surface area contributed by atoms with E-state index in [0.717, 1.165) is 17.2 Å². The van der Waals surface area contributed by atoms with E-state index in [0.29, 0.717) is 25.6 Å². The summed E-state index contributed by atoms with van der Waals surface area (Å²) < 4.78 is 1.83. The van der Waals surface area contributed by atoms with Gasteiger partial charge >= 0.3 is 0 Å². The zero-order valence-corrected chi connectivity index (χ0v) is 15.6. The smallest absolute Gasteiger partial charge is 0.239 e. The zero-order valence-electron chi connectivity index (χ0n) is 15.6. The predicted molar refractivity (Wildman–Crippen MR) is 107 cm³/mol. The van der Waals surface area contributed by atoms with Crippen LogP contribution in [0.1, 0.15) is 11.3 Å². The molecule has 3 aromatic rings. The Morgan fingerprint density at radius 3 is 2.52 bits per heavy atom. The molecule has 1 aromatic carbocycles. The van der Waals surface area contributed by atoms with Crippen LogP contribution < -0.4 is 16.0 Å². The number of rotatable bonds is 8. The first kappa shape index (κ1) is 18.4. The van der Waals surface area contributed by atoms with Crippen molar-refractivity contribution in [3.63, 3.8) is 0 Å². The Kier molecular flexibility index (Phi) is 6.04. The molecule has 7 heteroatoms. The molecule has 0 spiro atoms. The van der Waals surface area contributed by atoms with Gasteiger partial charge in [0.2, 0.25) is 11.9 Å². The van der Waals surface area contributed by atoms with Gasteiger partial charge in [0, 0.05) is 42.9 Å². The molecular formula is C20H24N6O. The maximum Gasteiger partial charge on any atom is 0.239 e. The number of benzene rings is 1. The number of hydrogen-bond donors (Lipinski definition) is 3. The van der Waals surface area contributed by atoms with Crippen LogP contribution in [0.4, 0.5) is 17.5 Å². The number of amides is 1. The van der Waals surface area contributed by atoms with Gasteiger partial charge in [-0.15, -0.1) is 0 Å². The lowest BCUT2D eigenvalue weighted by Gasteiger charge is -2.11. The van der Waals surface area contributed by atoms with Crippen molar-refractivity contribution in [1.82, 2.24) is 19.9 Å². The number of carbonyl (C=O) groups is 1. The minimum Gasteiger partial charge on any atom is -0.353 e. The van der Waals surface area contributed by atoms with E-state index in [2.05, 4.69) is 32.8 Å². The van der Waals surface area contributed by atoms with E-state index in [9.17, 15) is 4.79 Å². The molecule has 140 valence electrons. The average molecular weight is 364 g/mol. The molecule has 2 heterocycles. The molecule has 27 heavy (non-hydrogen) atoms. The van der Waals surface area contributed by atoms with Crippen LogP contribution in [-0.4, -0.2) is 33.5 Å². The Balaban J connectivity index is 1.49. The van der Waals surface area contributed by atoms with Crippen molar-refractivity contribution in [3.8, 4) is 0 Å². The topological polar surface area (TPSA) is 83.9 Å². The number of hydrogen-bond acceptors (Lipinski definition) is 5. The lowest BCUT2D eigenvalue weighted by atomic mass is 10.2. The van der Waals surface area contributed by atoms with Crippen molar-refractivity contribution in [1.29, 1.82) is 0 Å². The number of anilines is 3. The van der Waals surface area contributed by atoms with Crippen molar-refractivity contribution in [2.45, 2.75) is 20.4 Å². The molecule has 0 aliphatic heterocycles. The van der Waals surface area contributed by atoms with Crippen LogP contribution in [0.15, 0.2) is 54.9 Å². The SMILES string of the molecule is Cc1ccc(Nc2cc(C)nc(NCCNC(=O)Cn3cccc3)n2)cc1. The normalized spacial score (nSPS) is 10.4. The molecule has 0 unspecified atom stereocenters. The van der Waals surface area contributed by atoms with Gasteiger partial charge in [0.05, 0.1) is 0 Å². The second kappa shape index (κ2) is 8.84. The Morgan fingerprint density at radius 1 is 1.04 bits per heavy atom. The van der Waals surface area contributed by atoms with Gasteiger partial charge < -0.3 is 20.5 Å². The first-order chi connectivity index (χ1) is 13.1. The molecule has 0 saturated heterocycles. The van der Waals surface area contributed by atoms with E-state index < -0.39 is 0 Å². The number of aromatic nitrogens is 3. The molecule has 3 rings (SSSR count). The summed E-state index contributed by atoms with van der Waals surface area (Å²) in [5, 5.41) is 9.31. The number of nitrogens with one attached hydrogen (secondary N) is 3. The van der Waals surface area contributed by atoms with E-state index >= 15 is 0 Å². The molecular weight excluding hydrogens is 340 g/mol. The molecule has 1 amide bonds. The summed E-state index contributed by atoms with van der Waals surface area (Å²) in [4.78, 5) is 20.7. The van der Waals surface area contributed by atoms with Gasteiger partial charge in [0.25, 0.3) is 0 Å². The number of nitrogens with zero attached hydrogens (tertiary/aromatic N) is 3. The molecule has 2 aromatic heterocycles. The molecule has 0 aliphatic rings. The first-order valence-corrected chi connectivity index (χ1v) is 8.89. The average Bonchev–Trinajstić information content (AvgIpc) is 3.13. The summed E-state index contributed by atoms with van der Waals surface area (Å²) in [6, 6.07) is 13.8. The third kappa shape index (κ3) is 5.85. The van der Waals surface area contributed by atoms with E-state index in [1.54, 1.807) is 0 Å². The van der Waals surface area contributed by atoms with Gasteiger partial charge in [0.15, 0.2) is 0 Å². The largest absolute Gasteiger partial charge is 0.353 e. The third-order valence-corrected chi connectivity index (χ3v) is 3.90. The molecule has 0 saturated carbocycles. The highest BCUT2D eigenvalue weighted by Gasteiger charge is 2.04. The van der Waals surface area contributed by atoms with E-state index in [4.69, 9.17) is 0 Å². The quantitative estimate of drug-likeness (QED) is 0.535. The standard InChI is InChI=1S/C20H24N6O/c1-15-5-7-17(8-6-15)24-18-13-16(2)23-20(25-18)22-10-9-21-19(27)14-26-11-3-4-12-26/h3-8,11-13H,9-10,14H2,1-2H3,(H,21,27)(H2,22,23,24,25). The lowest BCUT2D eigenvalue weighted by Crippen LogP contribution is -2.31. The summed E-state index contributed by atoms with van der Waals surface area (Å²) in [7, 11) is 0. The summed E-state index contributed by atoms with van der Waals surface area (Å²) in [5.41, 5.74) is 3.04. The number of carbonyl (C=O) groups excluding carboxylic acids is 1. The van der Waals surface area contributed by atoms with Crippen LogP contribution in [0, 0.1) is 13.8 Å². The van der Waals surface area contributed by atoms with Crippen LogP contribution >= 0.6 is 0 Å². The molecule has 0 aliphatic carbocycles. The molecule has 7 nitrogen and oxygen atoms in total. The molecule has 0 fully saturated rings. The highest BCUT2D eigenvalue weighted by molar-refractivity contribution is 5.75. The zero-order chi connectivity index (χ0) is 19.1. The highest BCUT2D eigenvalue weighted by atomic mass is 16.1. The predicted octanol–water partition coefficient (Wildman–Crippen LogP) is 2.87. The molecule has 0 atom stereocenters. The third-order valence-electron chi connectivity index (χ3n) is 3.90. The number of aryl methyl sites for hydroxylation is 2. The molecule has 0 bridgehead atoms. The van der Waals surface area contributed by atoms with Crippen LogP contribution in [0.3, 0.4) is 0 Å².